The maximum atomic E-state index is 11.6. The van der Waals surface area contributed by atoms with Crippen molar-refractivity contribution in [2.24, 2.45) is 0 Å². The molecule has 3 heteroatoms. The van der Waals surface area contributed by atoms with Crippen molar-refractivity contribution < 1.29 is 4.79 Å². The van der Waals surface area contributed by atoms with E-state index in [4.69, 9.17) is 0 Å². The molecule has 3 rings (SSSR count). The summed E-state index contributed by atoms with van der Waals surface area (Å²) >= 11 is 1.83. The third-order valence-electron chi connectivity index (χ3n) is 3.86. The van der Waals surface area contributed by atoms with Crippen LogP contribution < -0.4 is 0 Å². The molecule has 2 atom stereocenters. The summed E-state index contributed by atoms with van der Waals surface area (Å²) in [5.74, 6) is 0.483. The number of carbonyl (C=O) groups is 1. The summed E-state index contributed by atoms with van der Waals surface area (Å²) in [5.41, 5.74) is 0. The van der Waals surface area contributed by atoms with Gasteiger partial charge in [-0.3, -0.25) is 9.69 Å². The molecule has 0 radical (unpaired) electrons. The van der Waals surface area contributed by atoms with Crippen LogP contribution in [0.25, 0.3) is 0 Å². The largest absolute Gasteiger partial charge is 0.300 e. The molecule has 0 aromatic carbocycles. The first-order valence-corrected chi connectivity index (χ1v) is 7.01. The normalized spacial score (nSPS) is 30.6. The first kappa shape index (κ1) is 10.5. The highest BCUT2D eigenvalue weighted by molar-refractivity contribution is 7.09. The zero-order valence-electron chi connectivity index (χ0n) is 9.39. The summed E-state index contributed by atoms with van der Waals surface area (Å²) < 4.78 is 0. The van der Waals surface area contributed by atoms with Crippen LogP contribution in [-0.2, 0) is 11.3 Å². The third kappa shape index (κ3) is 1.94. The first-order valence-electron chi connectivity index (χ1n) is 6.13. The van der Waals surface area contributed by atoms with Gasteiger partial charge < -0.3 is 0 Å². The van der Waals surface area contributed by atoms with Gasteiger partial charge >= 0.3 is 0 Å². The number of piperidine rings is 2. The minimum atomic E-state index is 0.483. The van der Waals surface area contributed by atoms with Gasteiger partial charge in [0.05, 0.1) is 0 Å². The fourth-order valence-electron chi connectivity index (χ4n) is 3.11. The summed E-state index contributed by atoms with van der Waals surface area (Å²) in [4.78, 5) is 15.6. The molecule has 0 saturated carbocycles. The zero-order chi connectivity index (χ0) is 11.0. The second-order valence-corrected chi connectivity index (χ2v) is 5.97. The lowest BCUT2D eigenvalue weighted by atomic mass is 9.84. The van der Waals surface area contributed by atoms with Gasteiger partial charge in [-0.05, 0) is 24.3 Å². The molecule has 86 valence electrons. The van der Waals surface area contributed by atoms with Crippen LogP contribution in [0, 0.1) is 0 Å². The van der Waals surface area contributed by atoms with Crippen molar-refractivity contribution >= 4 is 17.1 Å². The summed E-state index contributed by atoms with van der Waals surface area (Å²) in [6.45, 7) is 1.06. The molecule has 0 spiro atoms. The summed E-state index contributed by atoms with van der Waals surface area (Å²) in [7, 11) is 0. The fraction of sp³-hybridized carbons (Fsp3) is 0.615. The Bertz CT molecular complexity index is 357. The van der Waals surface area contributed by atoms with Crippen molar-refractivity contribution in [3.8, 4) is 0 Å². The quantitative estimate of drug-likeness (QED) is 0.785. The van der Waals surface area contributed by atoms with Crippen molar-refractivity contribution in [1.29, 1.82) is 0 Å². The van der Waals surface area contributed by atoms with E-state index in [-0.39, 0.29) is 0 Å². The Labute approximate surface area is 100 Å². The van der Waals surface area contributed by atoms with E-state index in [1.807, 2.05) is 11.3 Å². The van der Waals surface area contributed by atoms with Crippen LogP contribution in [0.5, 0.6) is 0 Å². The lowest BCUT2D eigenvalue weighted by Gasteiger charge is -2.45. The molecule has 0 N–H and O–H groups in total. The van der Waals surface area contributed by atoms with Crippen molar-refractivity contribution in [2.45, 2.75) is 50.7 Å². The van der Waals surface area contributed by atoms with Crippen LogP contribution in [0.2, 0.25) is 0 Å². The average Bonchev–Trinajstić information content (AvgIpc) is 2.72. The standard InChI is InChI=1S/C13H17NOS/c15-12-7-10-3-1-4-11(8-12)14(10)9-13-5-2-6-16-13/h2,5-6,10-11H,1,3-4,7-9H2/t10-,11+. The molecule has 1 aromatic rings. The van der Waals surface area contributed by atoms with E-state index in [1.54, 1.807) is 0 Å². The van der Waals surface area contributed by atoms with Gasteiger partial charge in [0.2, 0.25) is 0 Å². The summed E-state index contributed by atoms with van der Waals surface area (Å²) in [6, 6.07) is 5.38. The maximum absolute atomic E-state index is 11.6. The maximum Gasteiger partial charge on any atom is 0.136 e. The predicted molar refractivity (Wildman–Crippen MR) is 65.5 cm³/mol. The van der Waals surface area contributed by atoms with Gasteiger partial charge in [-0.15, -0.1) is 11.3 Å². The SMILES string of the molecule is O=C1C[C@H]2CCC[C@@H](C1)N2Cc1cccs1. The molecule has 0 amide bonds. The molecular formula is C13H17NOS. The Hall–Kier alpha value is -0.670. The first-order chi connectivity index (χ1) is 7.83. The number of carbonyl (C=O) groups excluding carboxylic acids is 1. The Morgan fingerprint density at radius 1 is 1.31 bits per heavy atom. The highest BCUT2D eigenvalue weighted by Crippen LogP contribution is 2.33. The van der Waals surface area contributed by atoms with Gasteiger partial charge in [-0.1, -0.05) is 12.5 Å². The average molecular weight is 235 g/mol. The van der Waals surface area contributed by atoms with Crippen LogP contribution in [0.1, 0.15) is 37.0 Å². The number of fused-ring (bicyclic) bond motifs is 2. The van der Waals surface area contributed by atoms with Crippen LogP contribution >= 0.6 is 11.3 Å². The second-order valence-electron chi connectivity index (χ2n) is 4.94. The topological polar surface area (TPSA) is 20.3 Å². The highest BCUT2D eigenvalue weighted by Gasteiger charge is 2.37. The van der Waals surface area contributed by atoms with Gasteiger partial charge in [-0.2, -0.15) is 0 Å². The van der Waals surface area contributed by atoms with Crippen LogP contribution in [0.15, 0.2) is 17.5 Å². The van der Waals surface area contributed by atoms with Gasteiger partial charge in [0.25, 0.3) is 0 Å². The molecule has 2 bridgehead atoms. The molecule has 1 aromatic heterocycles. The third-order valence-corrected chi connectivity index (χ3v) is 4.72. The van der Waals surface area contributed by atoms with E-state index in [2.05, 4.69) is 22.4 Å². The number of rotatable bonds is 2. The predicted octanol–water partition coefficient (Wildman–Crippen LogP) is 2.83. The molecule has 3 heterocycles. The number of ketones is 1. The van der Waals surface area contributed by atoms with E-state index in [1.165, 1.54) is 24.1 Å². The number of Topliss-reactive ketones (excluding diaryl/α,β-unsaturated/α-hetero) is 1. The highest BCUT2D eigenvalue weighted by atomic mass is 32.1. The smallest absolute Gasteiger partial charge is 0.136 e. The molecule has 0 unspecified atom stereocenters. The van der Waals surface area contributed by atoms with E-state index in [9.17, 15) is 4.79 Å². The van der Waals surface area contributed by atoms with Crippen LogP contribution in [-0.4, -0.2) is 22.8 Å². The summed E-state index contributed by atoms with van der Waals surface area (Å²) in [6.07, 6.45) is 5.33. The van der Waals surface area contributed by atoms with Crippen LogP contribution in [0.4, 0.5) is 0 Å². The van der Waals surface area contributed by atoms with E-state index >= 15 is 0 Å². The summed E-state index contributed by atoms with van der Waals surface area (Å²) in [5, 5.41) is 2.14. The van der Waals surface area contributed by atoms with Crippen molar-refractivity contribution in [3.63, 3.8) is 0 Å². The van der Waals surface area contributed by atoms with Crippen LogP contribution in [0.3, 0.4) is 0 Å². The molecule has 2 nitrogen and oxygen atoms in total. The van der Waals surface area contributed by atoms with E-state index in [0.29, 0.717) is 17.9 Å². The second kappa shape index (κ2) is 4.30. The van der Waals surface area contributed by atoms with Crippen molar-refractivity contribution in [1.82, 2.24) is 4.90 Å². The number of hydrogen-bond donors (Lipinski definition) is 0. The Balaban J connectivity index is 1.76. The number of nitrogens with zero attached hydrogens (tertiary/aromatic N) is 1. The van der Waals surface area contributed by atoms with E-state index < -0.39 is 0 Å². The molecule has 16 heavy (non-hydrogen) atoms. The number of thiophene rings is 1. The lowest BCUT2D eigenvalue weighted by molar-refractivity contribution is -0.127. The van der Waals surface area contributed by atoms with E-state index in [0.717, 1.165) is 19.4 Å². The van der Waals surface area contributed by atoms with Gasteiger partial charge in [0, 0.05) is 36.3 Å². The molecule has 2 fully saturated rings. The Morgan fingerprint density at radius 2 is 2.06 bits per heavy atom. The minimum absolute atomic E-state index is 0.483. The molecule has 0 aliphatic carbocycles. The molecular weight excluding hydrogens is 218 g/mol. The van der Waals surface area contributed by atoms with Crippen molar-refractivity contribution in [3.05, 3.63) is 22.4 Å². The molecule has 2 saturated heterocycles. The lowest BCUT2D eigenvalue weighted by Crippen LogP contribution is -2.51. The number of hydrogen-bond acceptors (Lipinski definition) is 3. The van der Waals surface area contributed by atoms with Gasteiger partial charge in [0.1, 0.15) is 5.78 Å². The monoisotopic (exact) mass is 235 g/mol. The zero-order valence-corrected chi connectivity index (χ0v) is 10.2. The van der Waals surface area contributed by atoms with Gasteiger partial charge in [-0.25, -0.2) is 0 Å². The van der Waals surface area contributed by atoms with Gasteiger partial charge in [0.15, 0.2) is 0 Å². The van der Waals surface area contributed by atoms with Crippen molar-refractivity contribution in [2.75, 3.05) is 0 Å². The molecule has 2 aliphatic rings. The minimum Gasteiger partial charge on any atom is -0.300 e. The Morgan fingerprint density at radius 3 is 2.69 bits per heavy atom. The Kier molecular flexibility index (Phi) is 2.82. The molecule has 2 aliphatic heterocycles. The fourth-order valence-corrected chi connectivity index (χ4v) is 3.82.